The molecule has 0 unspecified atom stereocenters. The normalized spacial score (nSPS) is 12.6. The number of hydrogen-bond donors (Lipinski definition) is 0. The number of sulfone groups is 1. The minimum absolute atomic E-state index is 0.0504. The number of ether oxygens (including phenoxy) is 3. The summed E-state index contributed by atoms with van der Waals surface area (Å²) in [7, 11) is -2.03. The summed E-state index contributed by atoms with van der Waals surface area (Å²) in [5.41, 5.74) is 1.60. The molecule has 3 aromatic rings. The first kappa shape index (κ1) is 28.0. The molecule has 3 rings (SSSR count). The molecule has 1 aromatic heterocycles. The number of methoxy groups -OCH3 is 2. The van der Waals surface area contributed by atoms with E-state index < -0.39 is 17.9 Å². The first-order chi connectivity index (χ1) is 16.8. The van der Waals surface area contributed by atoms with Crippen molar-refractivity contribution in [3.05, 3.63) is 54.2 Å². The Morgan fingerprint density at radius 3 is 2.19 bits per heavy atom. The fraction of sp³-hybridized carbons (Fsp3) is 0.444. The summed E-state index contributed by atoms with van der Waals surface area (Å²) < 4.78 is 46.1. The van der Waals surface area contributed by atoms with Crippen LogP contribution in [0.5, 0.6) is 11.5 Å². The molecule has 0 spiro atoms. The van der Waals surface area contributed by atoms with Crippen molar-refractivity contribution in [3.63, 3.8) is 0 Å². The molecule has 0 aliphatic carbocycles. The Kier molecular flexibility index (Phi) is 8.37. The van der Waals surface area contributed by atoms with Gasteiger partial charge in [0.2, 0.25) is 9.84 Å². The summed E-state index contributed by atoms with van der Waals surface area (Å²) in [6, 6.07) is 13.4. The lowest BCUT2D eigenvalue weighted by atomic mass is 9.87. The van der Waals surface area contributed by atoms with Gasteiger partial charge in [-0.2, -0.15) is 0 Å². The van der Waals surface area contributed by atoms with Crippen molar-refractivity contribution in [3.8, 4) is 22.9 Å². The third-order valence-electron chi connectivity index (χ3n) is 5.99. The molecule has 0 amide bonds. The van der Waals surface area contributed by atoms with Gasteiger partial charge in [0.15, 0.2) is 5.03 Å². The zero-order valence-electron chi connectivity index (χ0n) is 22.6. The van der Waals surface area contributed by atoms with Crippen LogP contribution in [-0.4, -0.2) is 46.9 Å². The van der Waals surface area contributed by atoms with Crippen LogP contribution < -0.4 is 9.47 Å². The van der Waals surface area contributed by atoms with Gasteiger partial charge in [0.25, 0.3) is 0 Å². The minimum atomic E-state index is -3.86. The predicted molar refractivity (Wildman–Crippen MR) is 145 cm³/mol. The Labute approximate surface area is 216 Å². The maximum Gasteiger partial charge on any atom is 0.223 e. The molecule has 1 heterocycles. The highest BCUT2D eigenvalue weighted by Gasteiger charge is 2.27. The summed E-state index contributed by atoms with van der Waals surface area (Å²) in [6.45, 7) is 13.7. The molecule has 0 saturated carbocycles. The van der Waals surface area contributed by atoms with Crippen LogP contribution in [0.1, 0.15) is 26.3 Å². The lowest BCUT2D eigenvalue weighted by Crippen LogP contribution is -2.22. The van der Waals surface area contributed by atoms with Gasteiger partial charge in [-0.3, -0.25) is 4.57 Å². The van der Waals surface area contributed by atoms with Crippen molar-refractivity contribution in [1.29, 1.82) is 0 Å². The van der Waals surface area contributed by atoms with Crippen molar-refractivity contribution in [1.82, 2.24) is 9.55 Å². The SMILES string of the molecule is COc1ccc(OC)c(-c2ncc(S(=O)(=O)c3ccc(C(C)(C)C)cc3)n2COCC[Si](C)(C)C)c1. The Morgan fingerprint density at radius 1 is 0.972 bits per heavy atom. The number of benzene rings is 2. The van der Waals surface area contributed by atoms with Gasteiger partial charge >= 0.3 is 0 Å². The molecular weight excluding hydrogens is 492 g/mol. The number of imidazole rings is 1. The van der Waals surface area contributed by atoms with Gasteiger partial charge < -0.3 is 14.2 Å². The van der Waals surface area contributed by atoms with Gasteiger partial charge in [0, 0.05) is 14.7 Å². The lowest BCUT2D eigenvalue weighted by molar-refractivity contribution is 0.0827. The van der Waals surface area contributed by atoms with Crippen molar-refractivity contribution in [2.24, 2.45) is 0 Å². The average molecular weight is 531 g/mol. The van der Waals surface area contributed by atoms with Crippen LogP contribution in [0.3, 0.4) is 0 Å². The van der Waals surface area contributed by atoms with Crippen molar-refractivity contribution < 1.29 is 22.6 Å². The Bertz CT molecular complexity index is 1290. The summed E-state index contributed by atoms with van der Waals surface area (Å²) >= 11 is 0. The smallest absolute Gasteiger partial charge is 0.223 e. The van der Waals surface area contributed by atoms with Crippen molar-refractivity contribution in [2.75, 3.05) is 20.8 Å². The third kappa shape index (κ3) is 6.38. The highest BCUT2D eigenvalue weighted by atomic mass is 32.2. The topological polar surface area (TPSA) is 79.7 Å². The van der Waals surface area contributed by atoms with Crippen LogP contribution in [-0.2, 0) is 26.7 Å². The van der Waals surface area contributed by atoms with E-state index in [-0.39, 0.29) is 22.1 Å². The van der Waals surface area contributed by atoms with Gasteiger partial charge in [0.05, 0.1) is 30.9 Å². The minimum Gasteiger partial charge on any atom is -0.497 e. The van der Waals surface area contributed by atoms with E-state index in [2.05, 4.69) is 45.4 Å². The van der Waals surface area contributed by atoms with Gasteiger partial charge in [-0.25, -0.2) is 13.4 Å². The molecule has 0 aliphatic heterocycles. The summed E-state index contributed by atoms with van der Waals surface area (Å²) in [5.74, 6) is 1.61. The van der Waals surface area contributed by atoms with Gasteiger partial charge in [0.1, 0.15) is 24.1 Å². The Balaban J connectivity index is 2.09. The highest BCUT2D eigenvalue weighted by Crippen LogP contribution is 2.35. The number of nitrogens with zero attached hydrogens (tertiary/aromatic N) is 2. The van der Waals surface area contributed by atoms with Crippen LogP contribution in [0, 0.1) is 0 Å². The second-order valence-corrected chi connectivity index (χ2v) is 18.6. The summed E-state index contributed by atoms with van der Waals surface area (Å²) in [6.07, 6.45) is 1.39. The number of rotatable bonds is 10. The zero-order valence-corrected chi connectivity index (χ0v) is 24.4. The molecular formula is C27H38N2O5SSi. The molecule has 0 bridgehead atoms. The quantitative estimate of drug-likeness (QED) is 0.236. The molecule has 36 heavy (non-hydrogen) atoms. The van der Waals surface area contributed by atoms with Crippen LogP contribution in [0.4, 0.5) is 0 Å². The van der Waals surface area contributed by atoms with E-state index >= 15 is 0 Å². The van der Waals surface area contributed by atoms with Crippen molar-refractivity contribution >= 4 is 17.9 Å². The van der Waals surface area contributed by atoms with Crippen molar-refractivity contribution in [2.45, 2.75) is 68.5 Å². The van der Waals surface area contributed by atoms with Gasteiger partial charge in [-0.1, -0.05) is 52.5 Å². The summed E-state index contributed by atoms with van der Waals surface area (Å²) in [5, 5.41) is 0.0684. The molecule has 9 heteroatoms. The van der Waals surface area contributed by atoms with E-state index in [4.69, 9.17) is 14.2 Å². The largest absolute Gasteiger partial charge is 0.497 e. The molecule has 0 atom stereocenters. The Hall–Kier alpha value is -2.62. The second-order valence-electron chi connectivity index (χ2n) is 11.0. The van der Waals surface area contributed by atoms with Gasteiger partial charge in [-0.15, -0.1) is 0 Å². The fourth-order valence-electron chi connectivity index (χ4n) is 3.69. The fourth-order valence-corrected chi connectivity index (χ4v) is 5.81. The maximum absolute atomic E-state index is 13.8. The molecule has 0 saturated heterocycles. The second kappa shape index (κ2) is 10.8. The summed E-state index contributed by atoms with van der Waals surface area (Å²) in [4.78, 5) is 4.73. The molecule has 0 N–H and O–H groups in total. The average Bonchev–Trinajstić information content (AvgIpc) is 3.25. The highest BCUT2D eigenvalue weighted by molar-refractivity contribution is 7.91. The molecule has 196 valence electrons. The van der Waals surface area contributed by atoms with Crippen LogP contribution in [0.25, 0.3) is 11.4 Å². The van der Waals surface area contributed by atoms with E-state index in [9.17, 15) is 8.42 Å². The maximum atomic E-state index is 13.8. The molecule has 0 aliphatic rings. The van der Waals surface area contributed by atoms with Crippen LogP contribution in [0.2, 0.25) is 25.7 Å². The molecule has 7 nitrogen and oxygen atoms in total. The standard InChI is InChI=1S/C27H38N2O5SSi/c1-27(2,3)20-9-12-22(13-10-20)35(30,31)25-18-28-26(29(25)19-34-15-16-36(6,7)8)23-17-21(32-4)11-14-24(23)33-5/h9-14,17-18H,15-16,19H2,1-8H3. The van der Waals surface area contributed by atoms with E-state index in [1.54, 1.807) is 49.1 Å². The molecule has 2 aromatic carbocycles. The van der Waals surface area contributed by atoms with Crippen LogP contribution in [0.15, 0.2) is 58.6 Å². The number of hydrogen-bond acceptors (Lipinski definition) is 6. The number of aromatic nitrogens is 2. The molecule has 0 fully saturated rings. The Morgan fingerprint density at radius 2 is 1.64 bits per heavy atom. The first-order valence-corrected chi connectivity index (χ1v) is 17.2. The van der Waals surface area contributed by atoms with Gasteiger partial charge in [-0.05, 0) is 47.4 Å². The van der Waals surface area contributed by atoms with E-state index in [1.165, 1.54) is 6.20 Å². The van der Waals surface area contributed by atoms with E-state index in [0.717, 1.165) is 11.6 Å². The molecule has 0 radical (unpaired) electrons. The third-order valence-corrected chi connectivity index (χ3v) is 9.46. The zero-order chi connectivity index (χ0) is 26.7. The monoisotopic (exact) mass is 530 g/mol. The van der Waals surface area contributed by atoms with Crippen LogP contribution >= 0.6 is 0 Å². The lowest BCUT2D eigenvalue weighted by Gasteiger charge is -2.19. The first-order valence-electron chi connectivity index (χ1n) is 12.0. The predicted octanol–water partition coefficient (Wildman–Crippen LogP) is 6.01. The van der Waals surface area contributed by atoms with E-state index in [0.29, 0.717) is 29.5 Å². The van der Waals surface area contributed by atoms with E-state index in [1.807, 2.05) is 12.1 Å².